The van der Waals surface area contributed by atoms with E-state index in [4.69, 9.17) is 21.7 Å². The van der Waals surface area contributed by atoms with Crippen LogP contribution in [0.15, 0.2) is 42.6 Å². The quantitative estimate of drug-likeness (QED) is 0.641. The van der Waals surface area contributed by atoms with Crippen LogP contribution in [-0.2, 0) is 6.67 Å². The Labute approximate surface area is 157 Å². The average molecular weight is 370 g/mol. The predicted molar refractivity (Wildman–Crippen MR) is 102 cm³/mol. The predicted octanol–water partition coefficient (Wildman–Crippen LogP) is 3.68. The Bertz CT molecular complexity index is 981. The zero-order chi connectivity index (χ0) is 18.1. The Morgan fingerprint density at radius 3 is 2.85 bits per heavy atom. The number of ether oxygens (including phenoxy) is 2. The average Bonchev–Trinajstić information content (AvgIpc) is 3.26. The number of pyridine rings is 1. The molecule has 1 aromatic carbocycles. The second kappa shape index (κ2) is 7.09. The van der Waals surface area contributed by atoms with E-state index in [2.05, 4.69) is 16.1 Å². The fourth-order valence-corrected chi connectivity index (χ4v) is 3.93. The molecule has 7 heteroatoms. The highest BCUT2D eigenvalue weighted by Crippen LogP contribution is 2.39. The summed E-state index contributed by atoms with van der Waals surface area (Å²) in [5, 5.41) is 4.66. The molecule has 3 aromatic rings. The Kier molecular flexibility index (Phi) is 4.65. The lowest BCUT2D eigenvalue weighted by Gasteiger charge is -2.26. The van der Waals surface area contributed by atoms with Crippen molar-refractivity contribution in [2.75, 3.05) is 20.8 Å². The topological polar surface area (TPSA) is 43.9 Å². The molecule has 2 aromatic heterocycles. The molecular formula is C19H22N4O2S. The zero-order valence-electron chi connectivity index (χ0n) is 15.0. The van der Waals surface area contributed by atoms with Crippen molar-refractivity contribution in [2.24, 2.45) is 0 Å². The van der Waals surface area contributed by atoms with Crippen LogP contribution in [0.4, 0.5) is 0 Å². The second-order valence-electron chi connectivity index (χ2n) is 6.43. The minimum Gasteiger partial charge on any atom is -0.497 e. The number of aromatic nitrogens is 3. The van der Waals surface area contributed by atoms with E-state index in [1.165, 1.54) is 0 Å². The highest BCUT2D eigenvalue weighted by molar-refractivity contribution is 7.71. The van der Waals surface area contributed by atoms with Gasteiger partial charge in [-0.05, 0) is 55.4 Å². The SMILES string of the molecule is COc1ccc(OC)c([C@H]2CCCN2Cn2nc3ccccn3c2=S)c1. The highest BCUT2D eigenvalue weighted by atomic mass is 32.1. The Morgan fingerprint density at radius 1 is 1.19 bits per heavy atom. The number of hydrogen-bond acceptors (Lipinski definition) is 5. The van der Waals surface area contributed by atoms with Crippen molar-refractivity contribution in [1.82, 2.24) is 19.1 Å². The van der Waals surface area contributed by atoms with E-state index >= 15 is 0 Å². The van der Waals surface area contributed by atoms with E-state index in [0.29, 0.717) is 11.4 Å². The van der Waals surface area contributed by atoms with Crippen LogP contribution < -0.4 is 9.47 Å². The Balaban J connectivity index is 1.67. The van der Waals surface area contributed by atoms with E-state index in [1.54, 1.807) is 14.2 Å². The minimum atomic E-state index is 0.256. The molecule has 1 aliphatic heterocycles. The van der Waals surface area contributed by atoms with Gasteiger partial charge in [0.2, 0.25) is 4.77 Å². The molecule has 0 aliphatic carbocycles. The van der Waals surface area contributed by atoms with Crippen molar-refractivity contribution in [1.29, 1.82) is 0 Å². The molecular weight excluding hydrogens is 348 g/mol. The van der Waals surface area contributed by atoms with Gasteiger partial charge in [-0.2, -0.15) is 5.10 Å². The van der Waals surface area contributed by atoms with Gasteiger partial charge in [0, 0.05) is 24.3 Å². The second-order valence-corrected chi connectivity index (χ2v) is 6.80. The van der Waals surface area contributed by atoms with Crippen LogP contribution in [0.5, 0.6) is 11.5 Å². The molecule has 4 rings (SSSR count). The number of methoxy groups -OCH3 is 2. The van der Waals surface area contributed by atoms with Crippen LogP contribution in [0.25, 0.3) is 5.65 Å². The largest absolute Gasteiger partial charge is 0.497 e. The van der Waals surface area contributed by atoms with Crippen molar-refractivity contribution < 1.29 is 9.47 Å². The summed E-state index contributed by atoms with van der Waals surface area (Å²) in [4.78, 5) is 2.40. The van der Waals surface area contributed by atoms with Crippen LogP contribution in [-0.4, -0.2) is 39.8 Å². The maximum Gasteiger partial charge on any atom is 0.203 e. The number of nitrogens with zero attached hydrogens (tertiary/aromatic N) is 4. The number of fused-ring (bicyclic) bond motifs is 1. The van der Waals surface area contributed by atoms with Crippen molar-refractivity contribution in [3.8, 4) is 11.5 Å². The highest BCUT2D eigenvalue weighted by Gasteiger charge is 2.29. The molecule has 0 spiro atoms. The van der Waals surface area contributed by atoms with Crippen LogP contribution >= 0.6 is 12.2 Å². The standard InChI is InChI=1S/C19H22N4O2S/c1-24-14-8-9-17(25-2)15(12-14)16-6-5-10-21(16)13-23-19(26)22-11-4-3-7-18(22)20-23/h3-4,7-9,11-12,16H,5-6,10,13H2,1-2H3/t16-/m1/s1. The van der Waals surface area contributed by atoms with E-state index in [-0.39, 0.29) is 6.04 Å². The summed E-state index contributed by atoms with van der Waals surface area (Å²) in [6.45, 7) is 1.66. The molecule has 0 amide bonds. The van der Waals surface area contributed by atoms with Gasteiger partial charge in [-0.1, -0.05) is 6.07 Å². The van der Waals surface area contributed by atoms with Gasteiger partial charge in [0.05, 0.1) is 20.9 Å². The first-order valence-corrected chi connectivity index (χ1v) is 9.12. The van der Waals surface area contributed by atoms with Gasteiger partial charge < -0.3 is 9.47 Å². The lowest BCUT2D eigenvalue weighted by molar-refractivity contribution is 0.187. The normalized spacial score (nSPS) is 17.7. The summed E-state index contributed by atoms with van der Waals surface area (Å²) in [6.07, 6.45) is 4.16. The van der Waals surface area contributed by atoms with Crippen molar-refractivity contribution >= 4 is 17.9 Å². The third-order valence-corrected chi connectivity index (χ3v) is 5.37. The van der Waals surface area contributed by atoms with Gasteiger partial charge >= 0.3 is 0 Å². The van der Waals surface area contributed by atoms with Crippen LogP contribution in [0.3, 0.4) is 0 Å². The molecule has 3 heterocycles. The van der Waals surface area contributed by atoms with Crippen molar-refractivity contribution in [3.63, 3.8) is 0 Å². The van der Waals surface area contributed by atoms with Crippen LogP contribution in [0.2, 0.25) is 0 Å². The van der Waals surface area contributed by atoms with Gasteiger partial charge in [-0.3, -0.25) is 9.30 Å². The number of benzene rings is 1. The monoisotopic (exact) mass is 370 g/mol. The smallest absolute Gasteiger partial charge is 0.203 e. The van der Waals surface area contributed by atoms with E-state index < -0.39 is 0 Å². The maximum absolute atomic E-state index is 5.60. The first kappa shape index (κ1) is 17.1. The van der Waals surface area contributed by atoms with Crippen molar-refractivity contribution in [2.45, 2.75) is 25.6 Å². The molecule has 6 nitrogen and oxygen atoms in total. The first-order valence-electron chi connectivity index (χ1n) is 8.71. The van der Waals surface area contributed by atoms with E-state index in [9.17, 15) is 0 Å². The van der Waals surface area contributed by atoms with Gasteiger partial charge in [0.1, 0.15) is 11.5 Å². The molecule has 0 saturated carbocycles. The molecule has 0 unspecified atom stereocenters. The van der Waals surface area contributed by atoms with E-state index in [0.717, 1.165) is 42.1 Å². The molecule has 0 radical (unpaired) electrons. The Morgan fingerprint density at radius 2 is 2.08 bits per heavy atom. The minimum absolute atomic E-state index is 0.256. The summed E-state index contributed by atoms with van der Waals surface area (Å²) in [5.41, 5.74) is 2.02. The fraction of sp³-hybridized carbons (Fsp3) is 0.368. The third-order valence-electron chi connectivity index (χ3n) is 4.96. The molecule has 26 heavy (non-hydrogen) atoms. The van der Waals surface area contributed by atoms with Crippen LogP contribution in [0.1, 0.15) is 24.4 Å². The van der Waals surface area contributed by atoms with Gasteiger partial charge in [-0.25, -0.2) is 4.68 Å². The first-order chi connectivity index (χ1) is 12.7. The third kappa shape index (κ3) is 2.97. The molecule has 0 bridgehead atoms. The summed E-state index contributed by atoms with van der Waals surface area (Å²) in [5.74, 6) is 1.73. The number of likely N-dealkylation sites (tertiary alicyclic amines) is 1. The molecule has 1 atom stereocenters. The number of hydrogen-bond donors (Lipinski definition) is 0. The summed E-state index contributed by atoms with van der Waals surface area (Å²) >= 11 is 5.60. The van der Waals surface area contributed by atoms with Crippen molar-refractivity contribution in [3.05, 3.63) is 52.9 Å². The summed E-state index contributed by atoms with van der Waals surface area (Å²) in [6, 6.07) is 12.1. The molecule has 0 N–H and O–H groups in total. The molecule has 1 aliphatic rings. The van der Waals surface area contributed by atoms with E-state index in [1.807, 2.05) is 45.6 Å². The Hall–Kier alpha value is -2.38. The van der Waals surface area contributed by atoms with Gasteiger partial charge in [-0.15, -0.1) is 0 Å². The van der Waals surface area contributed by atoms with Gasteiger partial charge in [0.15, 0.2) is 5.65 Å². The lowest BCUT2D eigenvalue weighted by atomic mass is 10.0. The summed E-state index contributed by atoms with van der Waals surface area (Å²) in [7, 11) is 3.40. The molecule has 1 fully saturated rings. The molecule has 1 saturated heterocycles. The number of rotatable bonds is 5. The zero-order valence-corrected chi connectivity index (χ0v) is 15.8. The fourth-order valence-electron chi connectivity index (χ4n) is 3.68. The lowest BCUT2D eigenvalue weighted by Crippen LogP contribution is -2.27. The van der Waals surface area contributed by atoms with Crippen LogP contribution in [0, 0.1) is 4.77 Å². The maximum atomic E-state index is 5.60. The molecule has 136 valence electrons. The summed E-state index contributed by atoms with van der Waals surface area (Å²) < 4.78 is 15.6. The van der Waals surface area contributed by atoms with Gasteiger partial charge in [0.25, 0.3) is 0 Å².